The normalized spacial score (nSPS) is 29.4. The summed E-state index contributed by atoms with van der Waals surface area (Å²) < 4.78 is 41.4. The number of fused-ring (bicyclic) bond motifs is 3. The molecule has 0 bridgehead atoms. The van der Waals surface area contributed by atoms with Gasteiger partial charge in [0.25, 0.3) is 0 Å². The molecule has 1 saturated carbocycles. The van der Waals surface area contributed by atoms with Crippen LogP contribution >= 0.6 is 0 Å². The van der Waals surface area contributed by atoms with Crippen LogP contribution in [-0.2, 0) is 14.2 Å². The molecule has 3 aromatic rings. The Hall–Kier alpha value is -3.52. The standard InChI is InChI=1S/C37H50FN7O5/c1-22-17-26-25(18-39-43-26)28(23(22)2)31-30(38)32-29(34(40-31)47-4)33(44-13-16-49-20-36(3,46)19-44)42-35(41-32)50-21-37-10-5-7-27(37)45(12-6-11-37)24-8-14-48-15-9-24/h17-18,24,27,31,40,46H,5-16,19-21H2,1-4H3,(H,39,43)/t27?,31?,36-,37+/m0/s1. The van der Waals surface area contributed by atoms with Crippen molar-refractivity contribution in [3.8, 4) is 6.01 Å². The highest BCUT2D eigenvalue weighted by molar-refractivity contribution is 5.86. The number of methoxy groups -OCH3 is 1. The third kappa shape index (κ3) is 5.89. The molecule has 0 amide bonds. The zero-order valence-corrected chi connectivity index (χ0v) is 29.7. The third-order valence-corrected chi connectivity index (χ3v) is 11.9. The number of aryl methyl sites for hydroxylation is 1. The average molecular weight is 692 g/mol. The number of H-pyrrole nitrogens is 1. The Labute approximate surface area is 292 Å². The van der Waals surface area contributed by atoms with Crippen LogP contribution < -0.4 is 25.5 Å². The van der Waals surface area contributed by atoms with Crippen molar-refractivity contribution in [3.05, 3.63) is 39.5 Å². The van der Waals surface area contributed by atoms with Crippen LogP contribution in [0.1, 0.15) is 74.6 Å². The van der Waals surface area contributed by atoms with Gasteiger partial charge in [0, 0.05) is 42.6 Å². The summed E-state index contributed by atoms with van der Waals surface area (Å²) in [6.45, 7) is 10.2. The fraction of sp³-hybridized carbons (Fsp3) is 0.649. The Bertz CT molecular complexity index is 1880. The van der Waals surface area contributed by atoms with Crippen LogP contribution in [0, 0.1) is 19.3 Å². The number of piperidine rings is 1. The molecule has 2 unspecified atom stereocenters. The molecule has 6 heterocycles. The molecule has 8 rings (SSSR count). The van der Waals surface area contributed by atoms with E-state index in [4.69, 9.17) is 28.9 Å². The number of halogens is 1. The van der Waals surface area contributed by atoms with Crippen LogP contribution in [-0.4, -0.2) is 108 Å². The van der Waals surface area contributed by atoms with E-state index in [9.17, 15) is 5.11 Å². The van der Waals surface area contributed by atoms with E-state index in [0.29, 0.717) is 48.8 Å². The lowest BCUT2D eigenvalue weighted by molar-refractivity contribution is -0.0512. The molecule has 4 aliphatic heterocycles. The minimum absolute atomic E-state index is 0.0160. The molecule has 0 spiro atoms. The minimum atomic E-state index is -1.15. The highest BCUT2D eigenvalue weighted by Gasteiger charge is 2.50. The van der Waals surface area contributed by atoms with Gasteiger partial charge >= 0.3 is 6.01 Å². The maximum absolute atomic E-state index is 17.3. The summed E-state index contributed by atoms with van der Waals surface area (Å²) in [5.74, 6) is 0.337. The number of likely N-dealkylation sites (tertiary alicyclic amines) is 1. The van der Waals surface area contributed by atoms with Crippen LogP contribution in [0.4, 0.5) is 10.2 Å². The summed E-state index contributed by atoms with van der Waals surface area (Å²) in [6, 6.07) is 2.25. The molecule has 4 fully saturated rings. The Morgan fingerprint density at radius 3 is 2.72 bits per heavy atom. The van der Waals surface area contributed by atoms with E-state index in [1.807, 2.05) is 24.8 Å². The molecule has 270 valence electrons. The predicted molar refractivity (Wildman–Crippen MR) is 187 cm³/mol. The third-order valence-electron chi connectivity index (χ3n) is 11.9. The number of aliphatic hydroxyl groups is 1. The van der Waals surface area contributed by atoms with E-state index in [1.165, 1.54) is 0 Å². The number of aromatic amines is 1. The molecular formula is C37H50FN7O5. The molecule has 2 aromatic heterocycles. The number of rotatable bonds is 7. The Balaban J connectivity index is 1.23. The van der Waals surface area contributed by atoms with Crippen molar-refractivity contribution in [2.75, 3.05) is 64.7 Å². The molecular weight excluding hydrogens is 641 g/mol. The number of benzene rings is 1. The first-order valence-electron chi connectivity index (χ1n) is 18.3. The first kappa shape index (κ1) is 33.6. The van der Waals surface area contributed by atoms with E-state index >= 15 is 4.39 Å². The van der Waals surface area contributed by atoms with E-state index in [2.05, 4.69) is 20.4 Å². The summed E-state index contributed by atoms with van der Waals surface area (Å²) in [6.07, 6.45) is 9.48. The monoisotopic (exact) mass is 691 g/mol. The van der Waals surface area contributed by atoms with Gasteiger partial charge in [-0.2, -0.15) is 15.1 Å². The zero-order valence-electron chi connectivity index (χ0n) is 29.7. The van der Waals surface area contributed by atoms with Gasteiger partial charge in [0.05, 0.1) is 45.2 Å². The van der Waals surface area contributed by atoms with E-state index in [-0.39, 0.29) is 29.9 Å². The molecule has 3 saturated heterocycles. The lowest BCUT2D eigenvalue weighted by Crippen LogP contribution is -2.56. The molecule has 1 aromatic carbocycles. The van der Waals surface area contributed by atoms with Crippen LogP contribution in [0.25, 0.3) is 22.6 Å². The smallest absolute Gasteiger partial charge is 0.319 e. The van der Waals surface area contributed by atoms with E-state index < -0.39 is 17.5 Å². The Kier molecular flexibility index (Phi) is 8.89. The lowest BCUT2D eigenvalue weighted by Gasteiger charge is -2.50. The maximum atomic E-state index is 17.3. The van der Waals surface area contributed by atoms with Gasteiger partial charge in [0.15, 0.2) is 5.83 Å². The Morgan fingerprint density at radius 1 is 1.08 bits per heavy atom. The van der Waals surface area contributed by atoms with Crippen molar-refractivity contribution in [1.29, 1.82) is 0 Å². The van der Waals surface area contributed by atoms with Gasteiger partial charge in [0.2, 0.25) is 5.88 Å². The first-order chi connectivity index (χ1) is 24.2. The number of anilines is 1. The van der Waals surface area contributed by atoms with Crippen LogP contribution in [0.15, 0.2) is 12.3 Å². The SMILES string of the molecule is COC1=c2c(N3CCOC[C@@](C)(O)C3)nc(OC[C@]34CCCC3N(C3CCOCC3)CCC4)nc2=C(F)C(c2c(C)c(C)cc3[nH]ncc23)N1. The maximum Gasteiger partial charge on any atom is 0.319 e. The van der Waals surface area contributed by atoms with Gasteiger partial charge in [0.1, 0.15) is 28.0 Å². The van der Waals surface area contributed by atoms with E-state index in [0.717, 1.165) is 92.3 Å². The Morgan fingerprint density at radius 2 is 1.90 bits per heavy atom. The van der Waals surface area contributed by atoms with Gasteiger partial charge in [-0.05, 0) is 88.6 Å². The summed E-state index contributed by atoms with van der Waals surface area (Å²) in [7, 11) is 1.56. The second kappa shape index (κ2) is 13.2. The van der Waals surface area contributed by atoms with Gasteiger partial charge in [-0.25, -0.2) is 4.39 Å². The number of nitrogens with zero attached hydrogens (tertiary/aromatic N) is 5. The molecule has 1 aliphatic carbocycles. The van der Waals surface area contributed by atoms with Crippen LogP contribution in [0.5, 0.6) is 6.01 Å². The molecule has 12 nitrogen and oxygen atoms in total. The minimum Gasteiger partial charge on any atom is -0.482 e. The highest BCUT2D eigenvalue weighted by Crippen LogP contribution is 2.49. The van der Waals surface area contributed by atoms with Crippen molar-refractivity contribution < 1.29 is 28.4 Å². The second-order valence-electron chi connectivity index (χ2n) is 15.3. The fourth-order valence-corrected chi connectivity index (χ4v) is 9.38. The molecule has 50 heavy (non-hydrogen) atoms. The van der Waals surface area contributed by atoms with Crippen molar-refractivity contribution in [2.24, 2.45) is 5.41 Å². The van der Waals surface area contributed by atoms with Gasteiger partial charge in [-0.1, -0.05) is 6.42 Å². The second-order valence-corrected chi connectivity index (χ2v) is 15.3. The van der Waals surface area contributed by atoms with Crippen molar-refractivity contribution >= 4 is 28.4 Å². The number of ether oxygens (including phenoxy) is 4. The number of nitrogens with one attached hydrogen (secondary N) is 2. The number of hydrogen-bond acceptors (Lipinski definition) is 11. The topological polar surface area (TPSA) is 130 Å². The zero-order chi connectivity index (χ0) is 34.6. The van der Waals surface area contributed by atoms with E-state index in [1.54, 1.807) is 20.2 Å². The fourth-order valence-electron chi connectivity index (χ4n) is 9.38. The average Bonchev–Trinajstić information content (AvgIpc) is 3.72. The van der Waals surface area contributed by atoms with Gasteiger partial charge in [-0.15, -0.1) is 0 Å². The number of β-amino-alcohol motifs (C(OH)–C–C–N with tert-alkyl or cyclic N) is 1. The summed E-state index contributed by atoms with van der Waals surface area (Å²) in [5.41, 5.74) is 2.40. The van der Waals surface area contributed by atoms with Crippen molar-refractivity contribution in [1.82, 2.24) is 30.4 Å². The summed E-state index contributed by atoms with van der Waals surface area (Å²) in [4.78, 5) is 14.5. The van der Waals surface area contributed by atoms with Gasteiger partial charge in [-0.3, -0.25) is 10.00 Å². The largest absolute Gasteiger partial charge is 0.482 e. The molecule has 13 heteroatoms. The summed E-state index contributed by atoms with van der Waals surface area (Å²) >= 11 is 0. The first-order valence-corrected chi connectivity index (χ1v) is 18.3. The van der Waals surface area contributed by atoms with Gasteiger partial charge < -0.3 is 34.3 Å². The van der Waals surface area contributed by atoms with Crippen molar-refractivity contribution in [2.45, 2.75) is 89.4 Å². The number of aromatic nitrogens is 4. The lowest BCUT2D eigenvalue weighted by atomic mass is 9.74. The summed E-state index contributed by atoms with van der Waals surface area (Å²) in [5, 5.41) is 23.2. The van der Waals surface area contributed by atoms with Crippen LogP contribution in [0.2, 0.25) is 0 Å². The van der Waals surface area contributed by atoms with Crippen molar-refractivity contribution in [3.63, 3.8) is 0 Å². The molecule has 3 N–H and O–H groups in total. The predicted octanol–water partition coefficient (Wildman–Crippen LogP) is 2.88. The molecule has 0 radical (unpaired) electrons. The molecule has 5 aliphatic rings. The van der Waals surface area contributed by atoms with Crippen LogP contribution in [0.3, 0.4) is 0 Å². The quantitative estimate of drug-likeness (QED) is 0.338. The highest BCUT2D eigenvalue weighted by atomic mass is 19.1. The molecule has 4 atom stereocenters. The number of hydrogen-bond donors (Lipinski definition) is 3.